The van der Waals surface area contributed by atoms with Crippen molar-refractivity contribution in [2.45, 2.75) is 25.7 Å². The van der Waals surface area contributed by atoms with Gasteiger partial charge in [0.1, 0.15) is 0 Å². The minimum absolute atomic E-state index is 0.632. The summed E-state index contributed by atoms with van der Waals surface area (Å²) in [5.41, 5.74) is 0. The van der Waals surface area contributed by atoms with Gasteiger partial charge in [-0.2, -0.15) is 0 Å². The molecule has 0 atom stereocenters. The second kappa shape index (κ2) is 4.71. The van der Waals surface area contributed by atoms with Crippen molar-refractivity contribution in [3.8, 4) is 0 Å². The molecule has 0 amide bonds. The maximum atomic E-state index is 2.71. The molecule has 0 aliphatic carbocycles. The summed E-state index contributed by atoms with van der Waals surface area (Å²) in [7, 11) is 0. The van der Waals surface area contributed by atoms with Crippen LogP contribution in [0.15, 0.2) is 0 Å². The Morgan fingerprint density at radius 3 is 1.31 bits per heavy atom. The molecule has 2 nitrogen and oxygen atoms in total. The van der Waals surface area contributed by atoms with Gasteiger partial charge < -0.3 is 0 Å². The Labute approximate surface area is 107 Å². The average molecular weight is 426 g/mol. The van der Waals surface area contributed by atoms with E-state index in [0.29, 0.717) is 0 Å². The molecular formula is C8H16I2N2S. The fourth-order valence-corrected chi connectivity index (χ4v) is 8.43. The van der Waals surface area contributed by atoms with Crippen molar-refractivity contribution in [3.63, 3.8) is 0 Å². The van der Waals surface area contributed by atoms with Crippen molar-refractivity contribution < 1.29 is 0 Å². The van der Waals surface area contributed by atoms with Crippen molar-refractivity contribution >= 4 is 47.2 Å². The minimum Gasteiger partial charge on any atom is -0.240 e. The molecule has 0 spiro atoms. The van der Waals surface area contributed by atoms with Gasteiger partial charge in [0.05, 0.1) is 0 Å². The van der Waals surface area contributed by atoms with E-state index in [-0.39, 0.29) is 0 Å². The largest absolute Gasteiger partial charge is 0.240 e. The van der Waals surface area contributed by atoms with E-state index in [4.69, 9.17) is 0 Å². The van der Waals surface area contributed by atoms with Crippen LogP contribution in [0, 0.1) is 0 Å². The van der Waals surface area contributed by atoms with E-state index in [2.05, 4.69) is 51.0 Å². The van der Waals surface area contributed by atoms with Crippen LogP contribution in [0.1, 0.15) is 25.7 Å². The van der Waals surface area contributed by atoms with Crippen molar-refractivity contribution in [2.24, 2.45) is 0 Å². The average Bonchev–Trinajstić information content (AvgIpc) is 2.78. The summed E-state index contributed by atoms with van der Waals surface area (Å²) < 4.78 is 4.78. The smallest absolute Gasteiger partial charge is 0.0169 e. The Morgan fingerprint density at radius 1 is 0.692 bits per heavy atom. The minimum atomic E-state index is -0.632. The van der Waals surface area contributed by atoms with Crippen LogP contribution in [0.5, 0.6) is 0 Å². The predicted octanol–water partition coefficient (Wildman–Crippen LogP) is 3.51. The molecule has 0 aromatic carbocycles. The molecule has 2 fully saturated rings. The number of nitrogens with zero attached hydrogens (tertiary/aromatic N) is 2. The zero-order valence-corrected chi connectivity index (χ0v) is 12.8. The molecular weight excluding hydrogens is 410 g/mol. The first-order valence-electron chi connectivity index (χ1n) is 4.94. The zero-order valence-electron chi connectivity index (χ0n) is 7.72. The van der Waals surface area contributed by atoms with Gasteiger partial charge in [-0.3, -0.25) is 0 Å². The van der Waals surface area contributed by atoms with Gasteiger partial charge in [-0.1, -0.05) is 0 Å². The molecule has 0 N–H and O–H groups in total. The van der Waals surface area contributed by atoms with Crippen LogP contribution in [0.25, 0.3) is 0 Å². The summed E-state index contributed by atoms with van der Waals surface area (Å²) >= 11 is 5.40. The van der Waals surface area contributed by atoms with Gasteiger partial charge in [-0.15, -0.1) is 0 Å². The molecule has 2 rings (SSSR count). The summed E-state index contributed by atoms with van der Waals surface area (Å²) in [6.07, 6.45) is 5.65. The number of halogens is 2. The maximum Gasteiger partial charge on any atom is 0.0169 e. The van der Waals surface area contributed by atoms with Crippen molar-refractivity contribution in [1.29, 1.82) is 0 Å². The highest BCUT2D eigenvalue weighted by Crippen LogP contribution is 2.70. The third kappa shape index (κ3) is 2.46. The normalized spacial score (nSPS) is 28.5. The highest BCUT2D eigenvalue weighted by molar-refractivity contribution is 14.3. The van der Waals surface area contributed by atoms with Crippen LogP contribution in [0.3, 0.4) is 0 Å². The predicted molar refractivity (Wildman–Crippen MR) is 77.2 cm³/mol. The molecule has 0 unspecified atom stereocenters. The molecule has 0 aromatic heterocycles. The summed E-state index contributed by atoms with van der Waals surface area (Å²) in [5, 5.41) is 0. The van der Waals surface area contributed by atoms with Crippen molar-refractivity contribution in [3.05, 3.63) is 0 Å². The van der Waals surface area contributed by atoms with Crippen LogP contribution in [-0.2, 0) is 0 Å². The molecule has 2 heterocycles. The van der Waals surface area contributed by atoms with Gasteiger partial charge in [0, 0.05) is 68.6 Å². The molecule has 0 bridgehead atoms. The fourth-order valence-electron chi connectivity index (χ4n) is 1.98. The second-order valence-corrected chi connectivity index (χ2v) is 18.0. The molecule has 0 radical (unpaired) electrons. The monoisotopic (exact) mass is 426 g/mol. The maximum absolute atomic E-state index is 2.71. The van der Waals surface area contributed by atoms with Crippen molar-refractivity contribution in [2.75, 3.05) is 26.2 Å². The van der Waals surface area contributed by atoms with Gasteiger partial charge in [-0.25, -0.2) is 8.61 Å². The fraction of sp³-hybridized carbons (Fsp3) is 1.00. The molecule has 5 heteroatoms. The lowest BCUT2D eigenvalue weighted by Crippen LogP contribution is -2.29. The summed E-state index contributed by atoms with van der Waals surface area (Å²) in [4.78, 5) is 0. The van der Waals surface area contributed by atoms with E-state index in [1.165, 1.54) is 51.9 Å². The summed E-state index contributed by atoms with van der Waals surface area (Å²) in [6, 6.07) is 0. The third-order valence-electron chi connectivity index (χ3n) is 2.75. The lowest BCUT2D eigenvalue weighted by molar-refractivity contribution is 0.506. The molecule has 2 saturated heterocycles. The second-order valence-electron chi connectivity index (χ2n) is 3.69. The standard InChI is InChI=1S/C8H16I2N2S/c9-13(10,11-5-1-2-6-11)12-7-3-4-8-12/h1-8H2. The van der Waals surface area contributed by atoms with Gasteiger partial charge >= 0.3 is 0 Å². The van der Waals surface area contributed by atoms with E-state index in [0.717, 1.165) is 0 Å². The molecule has 13 heavy (non-hydrogen) atoms. The van der Waals surface area contributed by atoms with Gasteiger partial charge in [0.25, 0.3) is 0 Å². The molecule has 0 saturated carbocycles. The third-order valence-corrected chi connectivity index (χ3v) is 11.4. The zero-order chi connectivity index (χ0) is 9.31. The highest BCUT2D eigenvalue weighted by atomic mass is 127. The van der Waals surface area contributed by atoms with Gasteiger partial charge in [0.2, 0.25) is 0 Å². The Balaban J connectivity index is 1.99. The van der Waals surface area contributed by atoms with Crippen LogP contribution in [0.2, 0.25) is 0 Å². The first-order valence-corrected chi connectivity index (χ1v) is 11.6. The lowest BCUT2D eigenvalue weighted by atomic mass is 10.4. The van der Waals surface area contributed by atoms with Gasteiger partial charge in [-0.05, 0) is 30.4 Å². The van der Waals surface area contributed by atoms with Gasteiger partial charge in [0.15, 0.2) is 0 Å². The van der Waals surface area contributed by atoms with E-state index in [1.54, 1.807) is 0 Å². The van der Waals surface area contributed by atoms with Crippen LogP contribution >= 0.6 is 47.2 Å². The molecule has 78 valence electrons. The van der Waals surface area contributed by atoms with Crippen LogP contribution < -0.4 is 0 Å². The Morgan fingerprint density at radius 2 is 1.00 bits per heavy atom. The van der Waals surface area contributed by atoms with Crippen LogP contribution in [0.4, 0.5) is 0 Å². The first kappa shape index (κ1) is 11.2. The Kier molecular flexibility index (Phi) is 4.07. The quantitative estimate of drug-likeness (QED) is 0.624. The summed E-state index contributed by atoms with van der Waals surface area (Å²) in [6.45, 7) is 5.32. The summed E-state index contributed by atoms with van der Waals surface area (Å²) in [5.74, 6) is 0. The number of hydrogen-bond acceptors (Lipinski definition) is 2. The molecule has 2 aliphatic rings. The van der Waals surface area contributed by atoms with E-state index in [9.17, 15) is 0 Å². The number of rotatable bonds is 2. The van der Waals surface area contributed by atoms with E-state index < -0.39 is 4.74 Å². The van der Waals surface area contributed by atoms with Crippen molar-refractivity contribution in [1.82, 2.24) is 8.61 Å². The lowest BCUT2D eigenvalue weighted by Gasteiger charge is -2.43. The molecule has 2 aliphatic heterocycles. The highest BCUT2D eigenvalue weighted by Gasteiger charge is 2.35. The van der Waals surface area contributed by atoms with E-state index >= 15 is 0 Å². The van der Waals surface area contributed by atoms with Crippen LogP contribution in [-0.4, -0.2) is 34.8 Å². The Bertz CT molecular complexity index is 159. The molecule has 0 aromatic rings. The van der Waals surface area contributed by atoms with E-state index in [1.807, 2.05) is 0 Å². The first-order chi connectivity index (χ1) is 6.21. The SMILES string of the molecule is IS(I)(N1CCCC1)N1CCCC1. The topological polar surface area (TPSA) is 6.48 Å². The number of hydrogen-bond donors (Lipinski definition) is 0. The Hall–Kier alpha value is 1.73.